The first-order chi connectivity index (χ1) is 16.6. The highest BCUT2D eigenvalue weighted by Gasteiger charge is 2.48. The Morgan fingerprint density at radius 3 is 2.57 bits per heavy atom. The standard InChI is InChI=1S/C23H21F5N4O2S/c1-34-11-7-14(24)17(15(25)8-11)12-9-29-20(33)18(12)30-10-31-22(5-6-22)21-32-19-13(23(26,27)28)3-2-4-16(19)35-21/h2-4,7-8,12,18,30-31H,5-6,9-10H2,1H3,(H,29,33)/t12-,18-/m0/s1. The molecule has 2 atom stereocenters. The molecule has 1 saturated heterocycles. The molecule has 1 saturated carbocycles. The van der Waals surface area contributed by atoms with Gasteiger partial charge in [-0.15, -0.1) is 11.3 Å². The number of para-hydroxylation sites is 1. The molecular formula is C23H21F5N4O2S. The summed E-state index contributed by atoms with van der Waals surface area (Å²) in [5.41, 5.74) is -1.68. The number of hydrogen-bond acceptors (Lipinski definition) is 6. The Morgan fingerprint density at radius 1 is 1.23 bits per heavy atom. The maximum atomic E-state index is 14.6. The second-order valence-corrected chi connectivity index (χ2v) is 9.67. The first-order valence-corrected chi connectivity index (χ1v) is 11.7. The Bertz CT molecular complexity index is 1270. The molecule has 186 valence electrons. The van der Waals surface area contributed by atoms with E-state index < -0.39 is 46.8 Å². The Kier molecular flexibility index (Phi) is 5.93. The SMILES string of the molecule is COc1cc(F)c([C@@H]2CNC(=O)[C@H]2NCNC2(c3nc4c(C(F)(F)F)cccc4s3)CC2)c(F)c1. The zero-order valence-corrected chi connectivity index (χ0v) is 19.2. The minimum Gasteiger partial charge on any atom is -0.497 e. The first kappa shape index (κ1) is 23.9. The van der Waals surface area contributed by atoms with Gasteiger partial charge in [-0.25, -0.2) is 13.8 Å². The lowest BCUT2D eigenvalue weighted by atomic mass is 9.93. The van der Waals surface area contributed by atoms with Crippen LogP contribution in [-0.4, -0.2) is 37.3 Å². The van der Waals surface area contributed by atoms with Gasteiger partial charge in [-0.3, -0.25) is 15.4 Å². The van der Waals surface area contributed by atoms with E-state index in [-0.39, 0.29) is 30.0 Å². The molecule has 3 aromatic rings. The smallest absolute Gasteiger partial charge is 0.418 e. The molecule has 6 nitrogen and oxygen atoms in total. The number of fused-ring (bicyclic) bond motifs is 1. The maximum absolute atomic E-state index is 14.6. The highest BCUT2D eigenvalue weighted by atomic mass is 32.1. The zero-order valence-electron chi connectivity index (χ0n) is 18.4. The molecule has 2 aromatic carbocycles. The number of carbonyl (C=O) groups is 1. The third-order valence-electron chi connectivity index (χ3n) is 6.47. The summed E-state index contributed by atoms with van der Waals surface area (Å²) >= 11 is 1.19. The summed E-state index contributed by atoms with van der Waals surface area (Å²) in [7, 11) is 1.30. The van der Waals surface area contributed by atoms with E-state index >= 15 is 0 Å². The molecule has 2 heterocycles. The lowest BCUT2D eigenvalue weighted by Crippen LogP contribution is -2.46. The Morgan fingerprint density at radius 2 is 1.94 bits per heavy atom. The maximum Gasteiger partial charge on any atom is 0.418 e. The van der Waals surface area contributed by atoms with E-state index in [1.807, 2.05) is 0 Å². The largest absolute Gasteiger partial charge is 0.497 e. The van der Waals surface area contributed by atoms with Crippen LogP contribution in [0.1, 0.15) is 34.9 Å². The molecular weight excluding hydrogens is 491 g/mol. The number of halogens is 5. The van der Waals surface area contributed by atoms with Crippen molar-refractivity contribution < 1.29 is 31.5 Å². The number of amides is 1. The van der Waals surface area contributed by atoms with Gasteiger partial charge in [0.15, 0.2) is 0 Å². The molecule has 2 fully saturated rings. The van der Waals surface area contributed by atoms with Crippen molar-refractivity contribution >= 4 is 27.5 Å². The van der Waals surface area contributed by atoms with Crippen molar-refractivity contribution in [2.45, 2.75) is 36.5 Å². The number of hydrogen-bond donors (Lipinski definition) is 3. The zero-order chi connectivity index (χ0) is 25.0. The van der Waals surface area contributed by atoms with Crippen LogP contribution in [-0.2, 0) is 16.5 Å². The average molecular weight is 513 g/mol. The van der Waals surface area contributed by atoms with Crippen molar-refractivity contribution in [2.24, 2.45) is 0 Å². The monoisotopic (exact) mass is 512 g/mol. The summed E-state index contributed by atoms with van der Waals surface area (Å²) in [4.78, 5) is 16.7. The number of rotatable bonds is 7. The van der Waals surface area contributed by atoms with E-state index in [9.17, 15) is 26.7 Å². The van der Waals surface area contributed by atoms with Crippen molar-refractivity contribution in [1.82, 2.24) is 20.9 Å². The molecule has 0 spiro atoms. The van der Waals surface area contributed by atoms with E-state index in [1.165, 1.54) is 24.5 Å². The Balaban J connectivity index is 1.32. The van der Waals surface area contributed by atoms with Crippen LogP contribution in [0.4, 0.5) is 22.0 Å². The van der Waals surface area contributed by atoms with Crippen LogP contribution in [0.15, 0.2) is 30.3 Å². The van der Waals surface area contributed by atoms with Crippen LogP contribution < -0.4 is 20.7 Å². The van der Waals surface area contributed by atoms with E-state index in [0.29, 0.717) is 22.5 Å². The summed E-state index contributed by atoms with van der Waals surface area (Å²) < 4.78 is 74.7. The number of thiazole rings is 1. The number of nitrogens with one attached hydrogen (secondary N) is 3. The predicted octanol–water partition coefficient (Wildman–Crippen LogP) is 4.01. The molecule has 1 aliphatic heterocycles. The summed E-state index contributed by atoms with van der Waals surface area (Å²) in [6, 6.07) is 5.21. The molecule has 0 bridgehead atoms. The number of ether oxygens (including phenoxy) is 1. The molecule has 12 heteroatoms. The molecule has 5 rings (SSSR count). The molecule has 1 aromatic heterocycles. The van der Waals surface area contributed by atoms with Crippen molar-refractivity contribution in [3.8, 4) is 5.75 Å². The molecule has 2 aliphatic rings. The number of methoxy groups -OCH3 is 1. The fourth-order valence-corrected chi connectivity index (χ4v) is 5.68. The van der Waals surface area contributed by atoms with Crippen LogP contribution in [0.2, 0.25) is 0 Å². The van der Waals surface area contributed by atoms with Crippen molar-refractivity contribution in [3.05, 3.63) is 58.1 Å². The highest BCUT2D eigenvalue weighted by molar-refractivity contribution is 7.18. The number of alkyl halides is 3. The number of carbonyl (C=O) groups excluding carboxylic acids is 1. The molecule has 1 aliphatic carbocycles. The van der Waals surface area contributed by atoms with Crippen molar-refractivity contribution in [1.29, 1.82) is 0 Å². The summed E-state index contributed by atoms with van der Waals surface area (Å²) in [6.45, 7) is 0.149. The third kappa shape index (κ3) is 4.34. The van der Waals surface area contributed by atoms with Gasteiger partial charge in [0, 0.05) is 36.8 Å². The van der Waals surface area contributed by atoms with E-state index in [0.717, 1.165) is 18.2 Å². The topological polar surface area (TPSA) is 75.3 Å². The molecule has 1 amide bonds. The molecule has 0 unspecified atom stereocenters. The third-order valence-corrected chi connectivity index (χ3v) is 7.70. The number of nitrogens with zero attached hydrogens (tertiary/aromatic N) is 1. The minimum atomic E-state index is -4.51. The van der Waals surface area contributed by atoms with Gasteiger partial charge >= 0.3 is 6.18 Å². The van der Waals surface area contributed by atoms with E-state index in [1.54, 1.807) is 6.07 Å². The van der Waals surface area contributed by atoms with E-state index in [2.05, 4.69) is 20.9 Å². The molecule has 3 N–H and O–H groups in total. The van der Waals surface area contributed by atoms with Gasteiger partial charge in [-0.1, -0.05) is 6.07 Å². The predicted molar refractivity (Wildman–Crippen MR) is 119 cm³/mol. The van der Waals surface area contributed by atoms with Gasteiger partial charge in [0.1, 0.15) is 22.4 Å². The Labute approximate surface area is 200 Å². The van der Waals surface area contributed by atoms with Crippen LogP contribution >= 0.6 is 11.3 Å². The lowest BCUT2D eigenvalue weighted by molar-refractivity contribution is -0.136. The van der Waals surface area contributed by atoms with Gasteiger partial charge in [-0.2, -0.15) is 13.2 Å². The van der Waals surface area contributed by atoms with Crippen molar-refractivity contribution in [2.75, 3.05) is 20.3 Å². The van der Waals surface area contributed by atoms with Crippen LogP contribution in [0.25, 0.3) is 10.2 Å². The second-order valence-electron chi connectivity index (χ2n) is 8.64. The molecule has 35 heavy (non-hydrogen) atoms. The minimum absolute atomic E-state index is 0.0346. The average Bonchev–Trinajstić information content (AvgIpc) is 3.31. The lowest BCUT2D eigenvalue weighted by Gasteiger charge is -2.22. The van der Waals surface area contributed by atoms with Gasteiger partial charge < -0.3 is 10.1 Å². The highest BCUT2D eigenvalue weighted by Crippen LogP contribution is 2.49. The Hall–Kier alpha value is -2.83. The summed E-state index contributed by atoms with van der Waals surface area (Å²) in [5, 5.41) is 9.40. The van der Waals surface area contributed by atoms with Gasteiger partial charge in [-0.05, 0) is 25.0 Å². The van der Waals surface area contributed by atoms with Crippen LogP contribution in [0.5, 0.6) is 5.75 Å². The number of benzene rings is 2. The summed E-state index contributed by atoms with van der Waals surface area (Å²) in [5.74, 6) is -2.77. The fraction of sp³-hybridized carbons (Fsp3) is 0.391. The van der Waals surface area contributed by atoms with Crippen LogP contribution in [0.3, 0.4) is 0 Å². The van der Waals surface area contributed by atoms with Crippen LogP contribution in [0, 0.1) is 11.6 Å². The van der Waals surface area contributed by atoms with Crippen molar-refractivity contribution in [3.63, 3.8) is 0 Å². The number of aromatic nitrogens is 1. The van der Waals surface area contributed by atoms with Gasteiger partial charge in [0.2, 0.25) is 5.91 Å². The van der Waals surface area contributed by atoms with Gasteiger partial charge in [0.25, 0.3) is 0 Å². The van der Waals surface area contributed by atoms with E-state index in [4.69, 9.17) is 4.74 Å². The first-order valence-electron chi connectivity index (χ1n) is 10.9. The fourth-order valence-electron chi connectivity index (χ4n) is 4.46. The quantitative estimate of drug-likeness (QED) is 0.330. The molecule has 0 radical (unpaired) electrons. The van der Waals surface area contributed by atoms with Gasteiger partial charge in [0.05, 0.1) is 34.5 Å². The normalized spacial score (nSPS) is 21.4. The second kappa shape index (κ2) is 8.68. The summed E-state index contributed by atoms with van der Waals surface area (Å²) in [6.07, 6.45) is -3.18.